The van der Waals surface area contributed by atoms with Gasteiger partial charge in [-0.2, -0.15) is 4.98 Å². The molecule has 92 valence electrons. The first-order chi connectivity index (χ1) is 8.47. The van der Waals surface area contributed by atoms with Crippen molar-refractivity contribution in [3.8, 4) is 11.5 Å². The Morgan fingerprint density at radius 1 is 1.44 bits per heavy atom. The van der Waals surface area contributed by atoms with Crippen molar-refractivity contribution in [2.45, 2.75) is 0 Å². The van der Waals surface area contributed by atoms with Gasteiger partial charge in [0.25, 0.3) is 17.4 Å². The van der Waals surface area contributed by atoms with E-state index in [4.69, 9.17) is 16.7 Å². The Morgan fingerprint density at radius 3 is 2.72 bits per heavy atom. The second-order valence-corrected chi connectivity index (χ2v) is 3.62. The maximum absolute atomic E-state index is 10.6. The van der Waals surface area contributed by atoms with E-state index in [0.717, 1.165) is 12.1 Å². The van der Waals surface area contributed by atoms with Gasteiger partial charge in [0.1, 0.15) is 0 Å². The van der Waals surface area contributed by atoms with Crippen LogP contribution in [-0.2, 0) is 0 Å². The number of aromatic nitrogens is 2. The molecule has 0 saturated carbocycles. The third-order valence-corrected chi connectivity index (χ3v) is 2.18. The Bertz CT molecular complexity index is 639. The normalized spacial score (nSPS) is 10.3. The number of benzene rings is 1. The van der Waals surface area contributed by atoms with E-state index in [1.807, 2.05) is 0 Å². The fourth-order valence-corrected chi connectivity index (χ4v) is 1.46. The second kappa shape index (κ2) is 4.41. The van der Waals surface area contributed by atoms with Gasteiger partial charge in [0, 0.05) is 22.7 Å². The van der Waals surface area contributed by atoms with Gasteiger partial charge in [-0.05, 0) is 11.2 Å². The Morgan fingerprint density at radius 2 is 2.17 bits per heavy atom. The maximum atomic E-state index is 10.6. The van der Waals surface area contributed by atoms with Gasteiger partial charge in [0.15, 0.2) is 0 Å². The number of non-ortho nitro benzene ring substituents is 1. The van der Waals surface area contributed by atoms with Crippen molar-refractivity contribution in [1.29, 1.82) is 0 Å². The second-order valence-electron chi connectivity index (χ2n) is 3.18. The fourth-order valence-electron chi connectivity index (χ4n) is 1.23. The first-order valence-corrected chi connectivity index (χ1v) is 4.87. The number of nitro benzene ring substituents is 1. The van der Waals surface area contributed by atoms with E-state index < -0.39 is 16.7 Å². The van der Waals surface area contributed by atoms with Crippen LogP contribution in [-0.4, -0.2) is 26.1 Å². The van der Waals surface area contributed by atoms with Crippen molar-refractivity contribution in [1.82, 2.24) is 10.1 Å². The third-order valence-electron chi connectivity index (χ3n) is 1.96. The SMILES string of the molecule is O=C(O)c1noc(-c2cc(Cl)cc([N+](=O)[O-])c2)n1. The molecule has 0 bridgehead atoms. The molecule has 2 rings (SSSR count). The summed E-state index contributed by atoms with van der Waals surface area (Å²) in [7, 11) is 0. The van der Waals surface area contributed by atoms with Crippen LogP contribution in [0.1, 0.15) is 10.6 Å². The van der Waals surface area contributed by atoms with Crippen LogP contribution in [0, 0.1) is 10.1 Å². The zero-order valence-corrected chi connectivity index (χ0v) is 9.29. The predicted molar refractivity (Wildman–Crippen MR) is 58.4 cm³/mol. The quantitative estimate of drug-likeness (QED) is 0.668. The summed E-state index contributed by atoms with van der Waals surface area (Å²) >= 11 is 5.70. The molecule has 0 radical (unpaired) electrons. The molecule has 0 aliphatic rings. The monoisotopic (exact) mass is 269 g/mol. The zero-order chi connectivity index (χ0) is 13.3. The molecule has 1 heterocycles. The summed E-state index contributed by atoms with van der Waals surface area (Å²) in [5, 5.41) is 22.6. The molecule has 9 heteroatoms. The number of carboxylic acid groups (broad SMARTS) is 1. The lowest BCUT2D eigenvalue weighted by Gasteiger charge is -1.96. The lowest BCUT2D eigenvalue weighted by molar-refractivity contribution is -0.384. The minimum Gasteiger partial charge on any atom is -0.475 e. The van der Waals surface area contributed by atoms with Crippen molar-refractivity contribution >= 4 is 23.3 Å². The van der Waals surface area contributed by atoms with Gasteiger partial charge in [-0.3, -0.25) is 10.1 Å². The molecule has 1 aromatic carbocycles. The molecular formula is C9H4ClN3O5. The number of halogens is 1. The van der Waals surface area contributed by atoms with Crippen LogP contribution in [0.2, 0.25) is 5.02 Å². The van der Waals surface area contributed by atoms with Gasteiger partial charge in [-0.25, -0.2) is 4.79 Å². The first kappa shape index (κ1) is 12.0. The molecule has 0 amide bonds. The topological polar surface area (TPSA) is 119 Å². The molecule has 0 atom stereocenters. The molecule has 0 saturated heterocycles. The van der Waals surface area contributed by atoms with E-state index in [-0.39, 0.29) is 22.2 Å². The number of aromatic carboxylic acids is 1. The summed E-state index contributed by atoms with van der Waals surface area (Å²) in [6.45, 7) is 0. The van der Waals surface area contributed by atoms with Crippen molar-refractivity contribution in [2.75, 3.05) is 0 Å². The van der Waals surface area contributed by atoms with Crippen LogP contribution in [0.25, 0.3) is 11.5 Å². The number of hydrogen-bond donors (Lipinski definition) is 1. The summed E-state index contributed by atoms with van der Waals surface area (Å²) in [6, 6.07) is 3.66. The van der Waals surface area contributed by atoms with E-state index in [1.165, 1.54) is 6.07 Å². The molecular weight excluding hydrogens is 266 g/mol. The highest BCUT2D eigenvalue weighted by Crippen LogP contribution is 2.27. The highest BCUT2D eigenvalue weighted by atomic mass is 35.5. The number of rotatable bonds is 3. The van der Waals surface area contributed by atoms with Crippen LogP contribution in [0.4, 0.5) is 5.69 Å². The van der Waals surface area contributed by atoms with E-state index in [1.54, 1.807) is 0 Å². The number of carboxylic acids is 1. The highest BCUT2D eigenvalue weighted by molar-refractivity contribution is 6.31. The molecule has 0 spiro atoms. The number of carbonyl (C=O) groups is 1. The van der Waals surface area contributed by atoms with E-state index in [0.29, 0.717) is 0 Å². The van der Waals surface area contributed by atoms with Crippen molar-refractivity contribution in [3.05, 3.63) is 39.2 Å². The smallest absolute Gasteiger partial charge is 0.377 e. The van der Waals surface area contributed by atoms with Crippen LogP contribution in [0.5, 0.6) is 0 Å². The van der Waals surface area contributed by atoms with Crippen LogP contribution in [0.3, 0.4) is 0 Å². The van der Waals surface area contributed by atoms with E-state index >= 15 is 0 Å². The maximum Gasteiger partial charge on any atom is 0.377 e. The lowest BCUT2D eigenvalue weighted by atomic mass is 10.2. The molecule has 18 heavy (non-hydrogen) atoms. The highest BCUT2D eigenvalue weighted by Gasteiger charge is 2.17. The zero-order valence-electron chi connectivity index (χ0n) is 8.53. The van der Waals surface area contributed by atoms with Crippen LogP contribution < -0.4 is 0 Å². The Kier molecular flexibility index (Phi) is 2.94. The summed E-state index contributed by atoms with van der Waals surface area (Å²) in [5.41, 5.74) is -0.0817. The van der Waals surface area contributed by atoms with Gasteiger partial charge in [-0.1, -0.05) is 11.6 Å². The summed E-state index contributed by atoms with van der Waals surface area (Å²) in [6.07, 6.45) is 0. The summed E-state index contributed by atoms with van der Waals surface area (Å²) < 4.78 is 4.68. The van der Waals surface area contributed by atoms with Crippen molar-refractivity contribution < 1.29 is 19.3 Å². The van der Waals surface area contributed by atoms with Gasteiger partial charge < -0.3 is 9.63 Å². The number of hydrogen-bond acceptors (Lipinski definition) is 6. The molecule has 0 aliphatic carbocycles. The van der Waals surface area contributed by atoms with E-state index in [9.17, 15) is 14.9 Å². The number of nitro groups is 1. The number of nitrogens with zero attached hydrogens (tertiary/aromatic N) is 3. The lowest BCUT2D eigenvalue weighted by Crippen LogP contribution is -1.98. The van der Waals surface area contributed by atoms with Gasteiger partial charge in [0.2, 0.25) is 0 Å². The van der Waals surface area contributed by atoms with E-state index in [2.05, 4.69) is 14.7 Å². The minimum absolute atomic E-state index is 0.106. The van der Waals surface area contributed by atoms with Gasteiger partial charge in [-0.15, -0.1) is 0 Å². The largest absolute Gasteiger partial charge is 0.475 e. The molecule has 0 fully saturated rings. The summed E-state index contributed by atoms with van der Waals surface area (Å²) in [5.74, 6) is -2.05. The first-order valence-electron chi connectivity index (χ1n) is 4.50. The predicted octanol–water partition coefficient (Wildman–Crippen LogP) is 2.00. The average molecular weight is 270 g/mol. The third kappa shape index (κ3) is 2.28. The minimum atomic E-state index is -1.36. The van der Waals surface area contributed by atoms with Crippen molar-refractivity contribution in [3.63, 3.8) is 0 Å². The molecule has 1 aromatic heterocycles. The van der Waals surface area contributed by atoms with Crippen LogP contribution in [0.15, 0.2) is 22.7 Å². The molecule has 0 aliphatic heterocycles. The Balaban J connectivity index is 2.49. The molecule has 2 aromatic rings. The summed E-state index contributed by atoms with van der Waals surface area (Å²) in [4.78, 5) is 24.1. The molecule has 8 nitrogen and oxygen atoms in total. The Labute approximate surface area is 104 Å². The fraction of sp³-hybridized carbons (Fsp3) is 0. The molecule has 0 unspecified atom stereocenters. The van der Waals surface area contributed by atoms with Crippen molar-refractivity contribution in [2.24, 2.45) is 0 Å². The average Bonchev–Trinajstić information content (AvgIpc) is 2.77. The van der Waals surface area contributed by atoms with Gasteiger partial charge >= 0.3 is 5.97 Å². The van der Waals surface area contributed by atoms with Crippen LogP contribution >= 0.6 is 11.6 Å². The Hall–Kier alpha value is -2.48. The standard InChI is InChI=1S/C9H4ClN3O5/c10-5-1-4(2-6(3-5)13(16)17)8-11-7(9(14)15)12-18-8/h1-3H,(H,14,15). The van der Waals surface area contributed by atoms with Gasteiger partial charge in [0.05, 0.1) is 4.92 Å². The molecule has 1 N–H and O–H groups in total.